The van der Waals surface area contributed by atoms with Gasteiger partial charge in [-0.3, -0.25) is 9.69 Å². The fourth-order valence-corrected chi connectivity index (χ4v) is 2.80. The number of rotatable bonds is 3. The van der Waals surface area contributed by atoms with Gasteiger partial charge in [0.15, 0.2) is 0 Å². The summed E-state index contributed by atoms with van der Waals surface area (Å²) in [7, 11) is 0. The number of carbonyl (C=O) groups is 1. The summed E-state index contributed by atoms with van der Waals surface area (Å²) in [6.45, 7) is 2.62. The molecule has 0 radical (unpaired) electrons. The van der Waals surface area contributed by atoms with E-state index < -0.39 is 0 Å². The van der Waals surface area contributed by atoms with Crippen LogP contribution < -0.4 is 9.63 Å². The van der Waals surface area contributed by atoms with Gasteiger partial charge in [0, 0.05) is 17.2 Å². The van der Waals surface area contributed by atoms with Crippen LogP contribution in [0.1, 0.15) is 5.56 Å². The number of hydrogen-bond donors (Lipinski definition) is 1. The van der Waals surface area contributed by atoms with Gasteiger partial charge in [-0.25, -0.2) is 0 Å². The molecule has 0 spiro atoms. The van der Waals surface area contributed by atoms with Crippen LogP contribution in [-0.2, 0) is 4.79 Å². The number of carbonyl (C=O) groups excluding carboxylic acids is 1. The second-order valence-corrected chi connectivity index (χ2v) is 6.04. The number of hydrogen-bond acceptors (Lipinski definition) is 3. The van der Waals surface area contributed by atoms with E-state index in [0.717, 1.165) is 16.1 Å². The Morgan fingerprint density at radius 2 is 1.79 bits per heavy atom. The molecule has 2 aromatic rings. The molecule has 1 aromatic heterocycles. The molecule has 2 heterocycles. The average molecular weight is 345 g/mol. The lowest BCUT2D eigenvalue weighted by Gasteiger charge is -2.30. The van der Waals surface area contributed by atoms with Crippen molar-refractivity contribution in [2.24, 2.45) is 0 Å². The third-order valence-corrected chi connectivity index (χ3v) is 4.27. The SMILES string of the molecule is O=C(/C=C/c1ccc(Cl)cc1)N1CCN(c2cccc[n+]2O)CC1. The first-order valence-corrected chi connectivity index (χ1v) is 8.19. The topological polar surface area (TPSA) is 47.7 Å². The third kappa shape index (κ3) is 3.86. The normalized spacial score (nSPS) is 15.0. The number of aromatic nitrogens is 1. The maximum Gasteiger partial charge on any atom is 0.316 e. The molecule has 1 fully saturated rings. The largest absolute Gasteiger partial charge is 0.350 e. The Hall–Kier alpha value is -2.53. The number of benzene rings is 1. The average Bonchev–Trinajstić information content (AvgIpc) is 2.61. The van der Waals surface area contributed by atoms with Crippen LogP contribution in [-0.4, -0.2) is 42.2 Å². The van der Waals surface area contributed by atoms with Crippen molar-refractivity contribution >= 4 is 29.4 Å². The zero-order valence-electron chi connectivity index (χ0n) is 13.2. The molecule has 6 heteroatoms. The van der Waals surface area contributed by atoms with Crippen molar-refractivity contribution in [1.29, 1.82) is 0 Å². The lowest BCUT2D eigenvalue weighted by atomic mass is 10.2. The number of anilines is 1. The Labute approximate surface area is 146 Å². The van der Waals surface area contributed by atoms with Crippen LogP contribution in [0.4, 0.5) is 5.82 Å². The summed E-state index contributed by atoms with van der Waals surface area (Å²) in [4.78, 5) is 16.2. The van der Waals surface area contributed by atoms with Crippen molar-refractivity contribution in [1.82, 2.24) is 4.90 Å². The zero-order valence-corrected chi connectivity index (χ0v) is 13.9. The molecule has 1 aromatic carbocycles. The molecule has 1 N–H and O–H groups in total. The predicted octanol–water partition coefficient (Wildman–Crippen LogP) is 2.23. The number of pyridine rings is 1. The first kappa shape index (κ1) is 16.3. The number of amides is 1. The number of nitrogens with zero attached hydrogens (tertiary/aromatic N) is 3. The molecule has 5 nitrogen and oxygen atoms in total. The summed E-state index contributed by atoms with van der Waals surface area (Å²) in [6.07, 6.45) is 4.99. The van der Waals surface area contributed by atoms with Gasteiger partial charge in [-0.05, 0) is 29.8 Å². The quantitative estimate of drug-likeness (QED) is 0.527. The van der Waals surface area contributed by atoms with Crippen molar-refractivity contribution in [3.8, 4) is 0 Å². The molecule has 1 aliphatic heterocycles. The standard InChI is InChI=1S/C18H19ClN3O2/c19-16-7-4-15(5-8-16)6-9-18(23)21-13-11-20(12-14-21)17-3-1-2-10-22(17)24/h1-10,24H,11-14H2/q+1/b9-6+. The smallest absolute Gasteiger partial charge is 0.316 e. The fourth-order valence-electron chi connectivity index (χ4n) is 2.68. The molecule has 1 amide bonds. The second kappa shape index (κ2) is 7.36. The summed E-state index contributed by atoms with van der Waals surface area (Å²) in [5.41, 5.74) is 0.942. The van der Waals surface area contributed by atoms with E-state index in [4.69, 9.17) is 11.6 Å². The van der Waals surface area contributed by atoms with Gasteiger partial charge >= 0.3 is 5.82 Å². The van der Waals surface area contributed by atoms with E-state index in [1.54, 1.807) is 36.5 Å². The molecular weight excluding hydrogens is 326 g/mol. The first-order chi connectivity index (χ1) is 11.6. The van der Waals surface area contributed by atoms with Gasteiger partial charge in [0.1, 0.15) is 19.3 Å². The lowest BCUT2D eigenvalue weighted by Crippen LogP contribution is -2.51. The van der Waals surface area contributed by atoms with Gasteiger partial charge in [-0.15, -0.1) is 0 Å². The molecule has 0 aliphatic carbocycles. The van der Waals surface area contributed by atoms with Gasteiger partial charge in [-0.1, -0.05) is 34.5 Å². The summed E-state index contributed by atoms with van der Waals surface area (Å²) < 4.78 is 1.11. The van der Waals surface area contributed by atoms with Crippen LogP contribution in [0.5, 0.6) is 0 Å². The molecule has 1 aliphatic rings. The van der Waals surface area contributed by atoms with Crippen LogP contribution in [0.25, 0.3) is 6.08 Å². The van der Waals surface area contributed by atoms with E-state index in [9.17, 15) is 10.0 Å². The van der Waals surface area contributed by atoms with E-state index in [1.807, 2.05) is 29.2 Å². The highest BCUT2D eigenvalue weighted by atomic mass is 35.5. The van der Waals surface area contributed by atoms with E-state index in [2.05, 4.69) is 4.90 Å². The molecule has 24 heavy (non-hydrogen) atoms. The lowest BCUT2D eigenvalue weighted by molar-refractivity contribution is -0.894. The molecular formula is C18H19ClN3O2+. The number of piperazine rings is 1. The molecule has 0 unspecified atom stereocenters. The molecule has 124 valence electrons. The van der Waals surface area contributed by atoms with Gasteiger partial charge in [0.05, 0.1) is 13.1 Å². The number of halogens is 1. The Balaban J connectivity index is 1.57. The highest BCUT2D eigenvalue weighted by Crippen LogP contribution is 2.13. The Kier molecular flexibility index (Phi) is 5.01. The van der Waals surface area contributed by atoms with Gasteiger partial charge in [-0.2, -0.15) is 0 Å². The Bertz CT molecular complexity index is 738. The Morgan fingerprint density at radius 1 is 1.08 bits per heavy atom. The summed E-state index contributed by atoms with van der Waals surface area (Å²) >= 11 is 5.85. The monoisotopic (exact) mass is 344 g/mol. The van der Waals surface area contributed by atoms with Crippen molar-refractivity contribution in [3.63, 3.8) is 0 Å². The van der Waals surface area contributed by atoms with Crippen molar-refractivity contribution in [2.45, 2.75) is 0 Å². The molecule has 0 saturated carbocycles. The van der Waals surface area contributed by atoms with E-state index in [0.29, 0.717) is 31.2 Å². The minimum absolute atomic E-state index is 0.00506. The maximum atomic E-state index is 12.3. The predicted molar refractivity (Wildman–Crippen MR) is 93.1 cm³/mol. The van der Waals surface area contributed by atoms with Crippen LogP contribution in [0.2, 0.25) is 5.02 Å². The fraction of sp³-hybridized carbons (Fsp3) is 0.222. The van der Waals surface area contributed by atoms with Gasteiger partial charge in [0.25, 0.3) is 0 Å². The molecule has 0 atom stereocenters. The highest BCUT2D eigenvalue weighted by molar-refractivity contribution is 6.30. The van der Waals surface area contributed by atoms with Crippen LogP contribution in [0, 0.1) is 0 Å². The van der Waals surface area contributed by atoms with Crippen molar-refractivity contribution < 1.29 is 14.7 Å². The van der Waals surface area contributed by atoms with E-state index >= 15 is 0 Å². The van der Waals surface area contributed by atoms with Crippen LogP contribution >= 0.6 is 11.6 Å². The molecule has 0 bridgehead atoms. The summed E-state index contributed by atoms with van der Waals surface area (Å²) in [5.74, 6) is 0.732. The first-order valence-electron chi connectivity index (χ1n) is 7.81. The zero-order chi connectivity index (χ0) is 16.9. The third-order valence-electron chi connectivity index (χ3n) is 4.02. The molecule has 1 saturated heterocycles. The highest BCUT2D eigenvalue weighted by Gasteiger charge is 2.26. The van der Waals surface area contributed by atoms with Gasteiger partial charge < -0.3 is 10.1 Å². The minimum Gasteiger partial charge on any atom is -0.350 e. The maximum absolute atomic E-state index is 12.3. The van der Waals surface area contributed by atoms with Crippen molar-refractivity contribution in [2.75, 3.05) is 31.1 Å². The minimum atomic E-state index is -0.00506. The van der Waals surface area contributed by atoms with Gasteiger partial charge in [0.2, 0.25) is 5.91 Å². The van der Waals surface area contributed by atoms with Crippen LogP contribution in [0.3, 0.4) is 0 Å². The van der Waals surface area contributed by atoms with E-state index in [1.165, 1.54) is 0 Å². The molecule has 3 rings (SSSR count). The second-order valence-electron chi connectivity index (χ2n) is 5.60. The van der Waals surface area contributed by atoms with Crippen molar-refractivity contribution in [3.05, 3.63) is 65.3 Å². The van der Waals surface area contributed by atoms with Crippen LogP contribution in [0.15, 0.2) is 54.7 Å². The summed E-state index contributed by atoms with van der Waals surface area (Å²) in [5, 5.41) is 10.5. The van der Waals surface area contributed by atoms with E-state index in [-0.39, 0.29) is 5.91 Å². The Morgan fingerprint density at radius 3 is 2.46 bits per heavy atom. The summed E-state index contributed by atoms with van der Waals surface area (Å²) in [6, 6.07) is 12.9.